The molecule has 6 nitrogen and oxygen atoms in total. The number of rotatable bonds is 8. The summed E-state index contributed by atoms with van der Waals surface area (Å²) < 4.78 is 10.6. The van der Waals surface area contributed by atoms with E-state index < -0.39 is 0 Å². The van der Waals surface area contributed by atoms with Gasteiger partial charge in [0.05, 0.1) is 13.2 Å². The van der Waals surface area contributed by atoms with E-state index in [1.54, 1.807) is 60.3 Å². The first kappa shape index (κ1) is 22.8. The lowest BCUT2D eigenvalue weighted by Gasteiger charge is -2.10. The van der Waals surface area contributed by atoms with Crippen LogP contribution in [0.5, 0.6) is 0 Å². The van der Waals surface area contributed by atoms with Gasteiger partial charge in [0, 0.05) is 22.6 Å². The molecule has 2 rings (SSSR count). The predicted molar refractivity (Wildman–Crippen MR) is 122 cm³/mol. The summed E-state index contributed by atoms with van der Waals surface area (Å²) in [6, 6.07) is 17.5. The zero-order valence-corrected chi connectivity index (χ0v) is 17.9. The maximum absolute atomic E-state index is 11.9. The molecule has 0 atom stereocenters. The van der Waals surface area contributed by atoms with Gasteiger partial charge < -0.3 is 9.47 Å². The molecule has 0 aliphatic heterocycles. The van der Waals surface area contributed by atoms with Crippen molar-refractivity contribution in [2.24, 2.45) is 0 Å². The summed E-state index contributed by atoms with van der Waals surface area (Å²) in [5.41, 5.74) is 1.03. The van der Waals surface area contributed by atoms with Crippen LogP contribution in [0.3, 0.4) is 0 Å². The summed E-state index contributed by atoms with van der Waals surface area (Å²) in [7, 11) is 0. The zero-order valence-electron chi connectivity index (χ0n) is 15.5. The molecule has 0 aliphatic rings. The van der Waals surface area contributed by atoms with Crippen molar-refractivity contribution in [1.29, 1.82) is 0 Å². The Bertz CT molecular complexity index is 763. The van der Waals surface area contributed by atoms with Gasteiger partial charge >= 0.3 is 0 Å². The van der Waals surface area contributed by atoms with Crippen LogP contribution in [0.1, 0.15) is 20.7 Å². The van der Waals surface area contributed by atoms with E-state index in [1.165, 1.54) is 0 Å². The highest BCUT2D eigenvalue weighted by Gasteiger charge is 2.08. The van der Waals surface area contributed by atoms with Crippen molar-refractivity contribution in [1.82, 2.24) is 10.6 Å². The van der Waals surface area contributed by atoms with Crippen molar-refractivity contribution in [2.75, 3.05) is 24.7 Å². The molecule has 29 heavy (non-hydrogen) atoms. The molecular weight excluding hydrogens is 428 g/mol. The van der Waals surface area contributed by atoms with E-state index in [0.717, 1.165) is 0 Å². The molecule has 2 N–H and O–H groups in total. The number of thioether (sulfide) groups is 1. The third-order valence-corrected chi connectivity index (χ3v) is 4.78. The van der Waals surface area contributed by atoms with E-state index in [2.05, 4.69) is 10.6 Å². The minimum atomic E-state index is -0.303. The Hall–Kier alpha value is -2.49. The van der Waals surface area contributed by atoms with Crippen molar-refractivity contribution in [3.8, 4) is 0 Å². The predicted octanol–water partition coefficient (Wildman–Crippen LogP) is 3.18. The number of benzene rings is 2. The van der Waals surface area contributed by atoms with Gasteiger partial charge in [0.15, 0.2) is 0 Å². The second-order valence-electron chi connectivity index (χ2n) is 5.52. The summed E-state index contributed by atoms with van der Waals surface area (Å²) in [4.78, 5) is 23.8. The average molecular weight is 449 g/mol. The van der Waals surface area contributed by atoms with Gasteiger partial charge in [0.2, 0.25) is 0 Å². The molecule has 0 saturated heterocycles. The number of thiocarbonyl (C=S) groups is 2. The van der Waals surface area contributed by atoms with Crippen molar-refractivity contribution >= 4 is 58.4 Å². The van der Waals surface area contributed by atoms with E-state index in [-0.39, 0.29) is 22.2 Å². The van der Waals surface area contributed by atoms with Crippen LogP contribution in [0.4, 0.5) is 0 Å². The number of hydrogen-bond acceptors (Lipinski definition) is 7. The van der Waals surface area contributed by atoms with Crippen molar-refractivity contribution in [3.63, 3.8) is 0 Å². The van der Waals surface area contributed by atoms with Crippen LogP contribution in [-0.2, 0) is 9.47 Å². The van der Waals surface area contributed by atoms with Gasteiger partial charge in [0.25, 0.3) is 22.2 Å². The fourth-order valence-corrected chi connectivity index (χ4v) is 3.03. The Balaban J connectivity index is 1.50. The first-order chi connectivity index (χ1) is 14.1. The van der Waals surface area contributed by atoms with Gasteiger partial charge in [-0.3, -0.25) is 20.2 Å². The molecule has 2 amide bonds. The Morgan fingerprint density at radius 2 is 1.10 bits per heavy atom. The topological polar surface area (TPSA) is 76.7 Å². The molecule has 0 saturated carbocycles. The smallest absolute Gasteiger partial charge is 0.263 e. The van der Waals surface area contributed by atoms with Gasteiger partial charge in [-0.25, -0.2) is 0 Å². The molecule has 0 radical (unpaired) electrons. The monoisotopic (exact) mass is 448 g/mol. The molecular formula is C20H20N2O4S3. The molecule has 0 spiro atoms. The van der Waals surface area contributed by atoms with Gasteiger partial charge in [-0.2, -0.15) is 11.8 Å². The number of carbonyl (C=O) groups is 2. The number of ether oxygens (including phenoxy) is 2. The molecule has 9 heteroatoms. The first-order valence-corrected chi connectivity index (χ1v) is 10.7. The highest BCUT2D eigenvalue weighted by molar-refractivity contribution is 7.99. The normalized spacial score (nSPS) is 9.93. The second-order valence-corrected chi connectivity index (χ2v) is 7.49. The summed E-state index contributed by atoms with van der Waals surface area (Å²) in [6.45, 7) is 0.710. The largest absolute Gasteiger partial charge is 0.470 e. The van der Waals surface area contributed by atoms with Crippen molar-refractivity contribution < 1.29 is 19.1 Å². The molecule has 152 valence electrons. The zero-order chi connectivity index (χ0) is 20.9. The minimum Gasteiger partial charge on any atom is -0.470 e. The molecule has 0 aliphatic carbocycles. The quantitative estimate of drug-likeness (QED) is 0.474. The summed E-state index contributed by atoms with van der Waals surface area (Å²) in [6.07, 6.45) is 0. The highest BCUT2D eigenvalue weighted by atomic mass is 32.2. The van der Waals surface area contributed by atoms with E-state index in [1.807, 2.05) is 12.1 Å². The SMILES string of the molecule is O=C(NC(=S)OCCSCCOC(=S)NC(=O)c1ccccc1)c1ccccc1. The summed E-state index contributed by atoms with van der Waals surface area (Å²) in [5.74, 6) is 0.715. The fraction of sp³-hybridized carbons (Fsp3) is 0.200. The lowest BCUT2D eigenvalue weighted by atomic mass is 10.2. The maximum atomic E-state index is 11.9. The van der Waals surface area contributed by atoms with E-state index in [4.69, 9.17) is 33.9 Å². The number of nitrogens with one attached hydrogen (secondary N) is 2. The Kier molecular flexibility index (Phi) is 10.1. The molecule has 2 aromatic rings. The van der Waals surface area contributed by atoms with Crippen LogP contribution in [0.2, 0.25) is 0 Å². The highest BCUT2D eigenvalue weighted by Crippen LogP contribution is 2.02. The third-order valence-electron chi connectivity index (χ3n) is 3.42. The molecule has 0 heterocycles. The Morgan fingerprint density at radius 1 is 0.724 bits per heavy atom. The number of carbonyl (C=O) groups excluding carboxylic acids is 2. The van der Waals surface area contributed by atoms with Gasteiger partial charge in [0.1, 0.15) is 0 Å². The van der Waals surface area contributed by atoms with E-state index in [9.17, 15) is 9.59 Å². The fourth-order valence-electron chi connectivity index (χ4n) is 2.07. The van der Waals surface area contributed by atoms with Crippen LogP contribution >= 0.6 is 36.2 Å². The van der Waals surface area contributed by atoms with Gasteiger partial charge in [-0.1, -0.05) is 36.4 Å². The Labute approximate surface area is 184 Å². The third kappa shape index (κ3) is 9.03. The Morgan fingerprint density at radius 3 is 1.48 bits per heavy atom. The second kappa shape index (κ2) is 12.9. The molecule has 0 unspecified atom stereocenters. The van der Waals surface area contributed by atoms with Gasteiger partial charge in [-0.15, -0.1) is 0 Å². The van der Waals surface area contributed by atoms with Crippen molar-refractivity contribution in [2.45, 2.75) is 0 Å². The van der Waals surface area contributed by atoms with Crippen LogP contribution in [0, 0.1) is 0 Å². The van der Waals surface area contributed by atoms with Crippen LogP contribution < -0.4 is 10.6 Å². The molecule has 0 bridgehead atoms. The summed E-state index contributed by atoms with van der Waals surface area (Å²) >= 11 is 11.6. The maximum Gasteiger partial charge on any atom is 0.263 e. The van der Waals surface area contributed by atoms with Gasteiger partial charge in [-0.05, 0) is 48.7 Å². The van der Waals surface area contributed by atoms with E-state index in [0.29, 0.717) is 35.8 Å². The van der Waals surface area contributed by atoms with E-state index >= 15 is 0 Å². The van der Waals surface area contributed by atoms with Crippen LogP contribution in [0.25, 0.3) is 0 Å². The molecule has 0 aromatic heterocycles. The number of amides is 2. The summed E-state index contributed by atoms with van der Waals surface area (Å²) in [5, 5.41) is 5.13. The lowest BCUT2D eigenvalue weighted by Crippen LogP contribution is -2.31. The average Bonchev–Trinajstić information content (AvgIpc) is 2.74. The molecule has 0 fully saturated rings. The first-order valence-electron chi connectivity index (χ1n) is 8.70. The van der Waals surface area contributed by atoms with Crippen molar-refractivity contribution in [3.05, 3.63) is 71.8 Å². The van der Waals surface area contributed by atoms with Crippen LogP contribution in [-0.4, -0.2) is 46.9 Å². The standard InChI is InChI=1S/C20H20N2O4S3/c23-17(15-7-3-1-4-8-15)21-19(27)25-11-13-29-14-12-26-20(28)22-18(24)16-9-5-2-6-10-16/h1-10H,11-14H2,(H,21,23,27)(H,22,24,28). The van der Waals surface area contributed by atoms with Crippen LogP contribution in [0.15, 0.2) is 60.7 Å². The number of hydrogen-bond donors (Lipinski definition) is 2. The lowest BCUT2D eigenvalue weighted by molar-refractivity contribution is 0.0959. The minimum absolute atomic E-state index is 0.0421. The molecule has 2 aromatic carbocycles.